The highest BCUT2D eigenvalue weighted by molar-refractivity contribution is 8.85. The summed E-state index contributed by atoms with van der Waals surface area (Å²) in [5.41, 5.74) is 2.11. The van der Waals surface area contributed by atoms with Gasteiger partial charge in [0.2, 0.25) is 0 Å². The van der Waals surface area contributed by atoms with Crippen LogP contribution in [0, 0.1) is 6.92 Å². The maximum Gasteiger partial charge on any atom is 0.197 e. The Morgan fingerprint density at radius 2 is 1.18 bits per heavy atom. The standard InChI is InChI=1S/C28H25NOS4/c1-22-17-19-23(20-18-22)29-27(30-24-11-5-2-6-12-24)21-28(33-31-25-13-7-3-8-14-25)34-32-26-15-9-4-10-16-26/h2-20,28H,21H2,1H3/b29-27-. The van der Waals surface area contributed by atoms with E-state index in [2.05, 4.69) is 67.6 Å². The van der Waals surface area contributed by atoms with E-state index in [4.69, 9.17) is 9.73 Å². The fourth-order valence-corrected chi connectivity index (χ4v) is 8.67. The molecule has 2 nitrogen and oxygen atoms in total. The monoisotopic (exact) mass is 519 g/mol. The van der Waals surface area contributed by atoms with Crippen molar-refractivity contribution in [3.63, 3.8) is 0 Å². The second-order valence-electron chi connectivity index (χ2n) is 7.38. The van der Waals surface area contributed by atoms with E-state index < -0.39 is 0 Å². The quantitative estimate of drug-likeness (QED) is 0.0897. The summed E-state index contributed by atoms with van der Waals surface area (Å²) >= 11 is 0. The summed E-state index contributed by atoms with van der Waals surface area (Å²) in [6, 6.07) is 39.1. The van der Waals surface area contributed by atoms with E-state index in [1.165, 1.54) is 15.4 Å². The predicted molar refractivity (Wildman–Crippen MR) is 154 cm³/mol. The molecule has 0 N–H and O–H groups in total. The molecule has 0 unspecified atom stereocenters. The van der Waals surface area contributed by atoms with Crippen molar-refractivity contribution in [3.05, 3.63) is 121 Å². The minimum atomic E-state index is 0.225. The lowest BCUT2D eigenvalue weighted by molar-refractivity contribution is 0.535. The molecule has 4 aromatic rings. The molecule has 0 fully saturated rings. The zero-order valence-corrected chi connectivity index (χ0v) is 22.0. The number of aryl methyl sites for hydroxylation is 1. The van der Waals surface area contributed by atoms with Crippen LogP contribution in [0.2, 0.25) is 0 Å². The van der Waals surface area contributed by atoms with Crippen molar-refractivity contribution in [2.45, 2.75) is 27.7 Å². The SMILES string of the molecule is Cc1ccc(/N=C(/CC(SSc2ccccc2)SSc2ccccc2)Oc2ccccc2)cc1. The minimum Gasteiger partial charge on any atom is -0.443 e. The van der Waals surface area contributed by atoms with Gasteiger partial charge in [-0.1, -0.05) is 115 Å². The molecule has 0 heterocycles. The maximum atomic E-state index is 6.29. The van der Waals surface area contributed by atoms with Gasteiger partial charge in [0.25, 0.3) is 0 Å². The van der Waals surface area contributed by atoms with Crippen LogP contribution in [-0.4, -0.2) is 10.5 Å². The molecule has 0 amide bonds. The molecule has 172 valence electrons. The first kappa shape index (κ1) is 24.9. The number of ether oxygens (including phenoxy) is 1. The van der Waals surface area contributed by atoms with Crippen LogP contribution in [0.15, 0.2) is 130 Å². The minimum absolute atomic E-state index is 0.225. The van der Waals surface area contributed by atoms with Gasteiger partial charge in [0, 0.05) is 16.2 Å². The molecule has 0 saturated heterocycles. The first-order valence-electron chi connectivity index (χ1n) is 10.9. The normalized spacial score (nSPS) is 11.5. The smallest absolute Gasteiger partial charge is 0.197 e. The fraction of sp³-hybridized carbons (Fsp3) is 0.107. The van der Waals surface area contributed by atoms with E-state index in [1.807, 2.05) is 76.2 Å². The molecule has 4 aromatic carbocycles. The molecule has 0 aliphatic heterocycles. The van der Waals surface area contributed by atoms with Crippen molar-refractivity contribution >= 4 is 54.8 Å². The third-order valence-electron chi connectivity index (χ3n) is 4.60. The lowest BCUT2D eigenvalue weighted by Crippen LogP contribution is -2.13. The fourth-order valence-electron chi connectivity index (χ4n) is 2.90. The molecule has 0 radical (unpaired) electrons. The van der Waals surface area contributed by atoms with E-state index in [9.17, 15) is 0 Å². The number of hydrogen-bond donors (Lipinski definition) is 0. The number of aliphatic imine (C=N–C) groups is 1. The van der Waals surface area contributed by atoms with Crippen molar-refractivity contribution in [1.29, 1.82) is 0 Å². The van der Waals surface area contributed by atoms with Crippen LogP contribution in [0.25, 0.3) is 0 Å². The third-order valence-corrected chi connectivity index (χ3v) is 10.9. The molecule has 0 spiro atoms. The van der Waals surface area contributed by atoms with Gasteiger partial charge < -0.3 is 4.74 Å². The first-order chi connectivity index (χ1) is 16.7. The summed E-state index contributed by atoms with van der Waals surface area (Å²) in [6.07, 6.45) is 0.692. The topological polar surface area (TPSA) is 21.6 Å². The third kappa shape index (κ3) is 8.51. The summed E-state index contributed by atoms with van der Waals surface area (Å²) in [7, 11) is 7.27. The Kier molecular flexibility index (Phi) is 9.94. The first-order valence-corrected chi connectivity index (χ1v) is 15.3. The van der Waals surface area contributed by atoms with Crippen LogP contribution in [0.3, 0.4) is 0 Å². The second kappa shape index (κ2) is 13.6. The van der Waals surface area contributed by atoms with Crippen LogP contribution in [-0.2, 0) is 0 Å². The zero-order chi connectivity index (χ0) is 23.4. The molecule has 34 heavy (non-hydrogen) atoms. The number of nitrogens with zero attached hydrogens (tertiary/aromatic N) is 1. The molecule has 0 saturated carbocycles. The van der Waals surface area contributed by atoms with E-state index in [0.717, 1.165) is 11.4 Å². The van der Waals surface area contributed by atoms with Gasteiger partial charge in [-0.2, -0.15) is 0 Å². The average Bonchev–Trinajstić information content (AvgIpc) is 2.89. The molecule has 0 atom stereocenters. The average molecular weight is 520 g/mol. The van der Waals surface area contributed by atoms with E-state index in [-0.39, 0.29) is 4.58 Å². The van der Waals surface area contributed by atoms with Gasteiger partial charge in [0.05, 0.1) is 10.3 Å². The van der Waals surface area contributed by atoms with Crippen molar-refractivity contribution < 1.29 is 4.74 Å². The summed E-state index contributed by atoms with van der Waals surface area (Å²) in [4.78, 5) is 7.37. The number of rotatable bonds is 10. The van der Waals surface area contributed by atoms with Crippen LogP contribution in [0.5, 0.6) is 5.75 Å². The van der Waals surface area contributed by atoms with Crippen molar-refractivity contribution in [2.24, 2.45) is 4.99 Å². The summed E-state index contributed by atoms with van der Waals surface area (Å²) in [6.45, 7) is 2.08. The van der Waals surface area contributed by atoms with Gasteiger partial charge in [-0.25, -0.2) is 4.99 Å². The Labute approximate surface area is 217 Å². The Morgan fingerprint density at radius 1 is 0.676 bits per heavy atom. The second-order valence-corrected chi connectivity index (χ2v) is 12.6. The maximum absolute atomic E-state index is 6.29. The van der Waals surface area contributed by atoms with Gasteiger partial charge in [0.15, 0.2) is 5.90 Å². The molecule has 6 heteroatoms. The molecule has 0 aliphatic carbocycles. The van der Waals surface area contributed by atoms with Crippen molar-refractivity contribution in [3.8, 4) is 5.75 Å². The summed E-state index contributed by atoms with van der Waals surface area (Å²) in [5, 5.41) is 0. The number of benzene rings is 4. The Morgan fingerprint density at radius 3 is 1.71 bits per heavy atom. The van der Waals surface area contributed by atoms with Crippen LogP contribution < -0.4 is 4.74 Å². The van der Waals surface area contributed by atoms with Crippen molar-refractivity contribution in [2.75, 3.05) is 0 Å². The molecular weight excluding hydrogens is 495 g/mol. The zero-order valence-electron chi connectivity index (χ0n) is 18.7. The van der Waals surface area contributed by atoms with Crippen LogP contribution >= 0.6 is 43.2 Å². The van der Waals surface area contributed by atoms with Gasteiger partial charge in [0.1, 0.15) is 5.75 Å². The molecule has 0 bridgehead atoms. The highest BCUT2D eigenvalue weighted by Crippen LogP contribution is 2.47. The number of para-hydroxylation sites is 1. The molecule has 0 aliphatic rings. The Hall–Kier alpha value is -2.25. The molecular formula is C28H25NOS4. The van der Waals surface area contributed by atoms with E-state index in [1.54, 1.807) is 21.6 Å². The summed E-state index contributed by atoms with van der Waals surface area (Å²) in [5.74, 6) is 1.51. The Bertz CT molecular complexity index is 1110. The lowest BCUT2D eigenvalue weighted by Gasteiger charge is -2.17. The number of hydrogen-bond acceptors (Lipinski definition) is 6. The van der Waals surface area contributed by atoms with Gasteiger partial charge >= 0.3 is 0 Å². The molecule has 0 aromatic heterocycles. The highest BCUT2D eigenvalue weighted by Gasteiger charge is 2.18. The van der Waals surface area contributed by atoms with Crippen LogP contribution in [0.1, 0.15) is 12.0 Å². The summed E-state index contributed by atoms with van der Waals surface area (Å²) < 4.78 is 6.51. The molecule has 4 rings (SSSR count). The predicted octanol–water partition coefficient (Wildman–Crippen LogP) is 9.70. The largest absolute Gasteiger partial charge is 0.443 e. The highest BCUT2D eigenvalue weighted by atomic mass is 33.1. The van der Waals surface area contributed by atoms with Crippen LogP contribution in [0.4, 0.5) is 5.69 Å². The van der Waals surface area contributed by atoms with E-state index >= 15 is 0 Å². The van der Waals surface area contributed by atoms with Gasteiger partial charge in [-0.3, -0.25) is 0 Å². The van der Waals surface area contributed by atoms with Crippen molar-refractivity contribution in [1.82, 2.24) is 0 Å². The lowest BCUT2D eigenvalue weighted by atomic mass is 10.2. The van der Waals surface area contributed by atoms with Gasteiger partial charge in [-0.05, 0) is 55.5 Å². The Balaban J connectivity index is 1.54. The van der Waals surface area contributed by atoms with Gasteiger partial charge in [-0.15, -0.1) is 0 Å². The van der Waals surface area contributed by atoms with E-state index in [0.29, 0.717) is 12.3 Å².